The van der Waals surface area contributed by atoms with Crippen LogP contribution in [0.1, 0.15) is 25.0 Å². The molecule has 0 aliphatic carbocycles. The van der Waals surface area contributed by atoms with Crippen molar-refractivity contribution >= 4 is 34.6 Å². The van der Waals surface area contributed by atoms with E-state index in [9.17, 15) is 18.0 Å². The predicted octanol–water partition coefficient (Wildman–Crippen LogP) is 3.85. The number of halogens is 3. The zero-order valence-electron chi connectivity index (χ0n) is 18.6. The van der Waals surface area contributed by atoms with E-state index in [2.05, 4.69) is 5.32 Å². The zero-order valence-corrected chi connectivity index (χ0v) is 19.4. The third kappa shape index (κ3) is 3.93. The fourth-order valence-corrected chi connectivity index (χ4v) is 4.55. The molecule has 2 heterocycles. The van der Waals surface area contributed by atoms with Gasteiger partial charge in [0.15, 0.2) is 16.6 Å². The normalized spacial score (nSPS) is 19.4. The topological polar surface area (TPSA) is 77.8 Å². The molecule has 0 spiro atoms. The van der Waals surface area contributed by atoms with Crippen molar-refractivity contribution in [1.82, 2.24) is 5.32 Å². The van der Waals surface area contributed by atoms with Crippen LogP contribution in [0.3, 0.4) is 0 Å². The van der Waals surface area contributed by atoms with Gasteiger partial charge in [-0.1, -0.05) is 0 Å². The first-order chi connectivity index (χ1) is 16.0. The van der Waals surface area contributed by atoms with Gasteiger partial charge in [0.2, 0.25) is 0 Å². The van der Waals surface area contributed by atoms with Crippen LogP contribution >= 0.6 is 12.2 Å². The van der Waals surface area contributed by atoms with Gasteiger partial charge in [0.1, 0.15) is 18.2 Å². The molecule has 7 nitrogen and oxygen atoms in total. The van der Waals surface area contributed by atoms with Crippen LogP contribution in [0.25, 0.3) is 0 Å². The summed E-state index contributed by atoms with van der Waals surface area (Å²) in [4.78, 5) is 16.0. The minimum Gasteiger partial charge on any atom is -0.486 e. The summed E-state index contributed by atoms with van der Waals surface area (Å²) in [6, 6.07) is 9.74. The Hall–Kier alpha value is -3.36. The Kier molecular flexibility index (Phi) is 5.91. The highest BCUT2D eigenvalue weighted by atomic mass is 32.1. The molecule has 0 saturated carbocycles. The van der Waals surface area contributed by atoms with Crippen LogP contribution in [0.2, 0.25) is 0 Å². The predicted molar refractivity (Wildman–Crippen MR) is 123 cm³/mol. The molecule has 1 fully saturated rings. The Morgan fingerprint density at radius 1 is 1.21 bits per heavy atom. The van der Waals surface area contributed by atoms with E-state index in [4.69, 9.17) is 27.0 Å². The number of benzene rings is 2. The summed E-state index contributed by atoms with van der Waals surface area (Å²) in [5.74, 6) is 0.523. The Balaban J connectivity index is 1.71. The maximum Gasteiger partial charge on any atom is 0.417 e. The fourth-order valence-electron chi connectivity index (χ4n) is 4.03. The SMILES string of the molecule is CNC[C@@H]1COc2cc(N3C(=S)N(c4ccc(C#N)c(C(F)(F)F)c4)C(=O)C3(C)C)ccc2O1. The quantitative estimate of drug-likeness (QED) is 0.653. The average molecular weight is 491 g/mol. The van der Waals surface area contributed by atoms with E-state index in [0.29, 0.717) is 30.3 Å². The summed E-state index contributed by atoms with van der Waals surface area (Å²) in [7, 11) is 1.81. The highest BCUT2D eigenvalue weighted by Gasteiger charge is 2.51. The number of alkyl halides is 3. The lowest BCUT2D eigenvalue weighted by molar-refractivity contribution is -0.137. The summed E-state index contributed by atoms with van der Waals surface area (Å²) in [6.07, 6.45) is -4.91. The molecule has 2 aliphatic heterocycles. The van der Waals surface area contributed by atoms with Gasteiger partial charge in [-0.05, 0) is 63.4 Å². The number of rotatable bonds is 4. The van der Waals surface area contributed by atoms with Crippen LogP contribution in [0, 0.1) is 11.3 Å². The Morgan fingerprint density at radius 2 is 1.91 bits per heavy atom. The fraction of sp³-hybridized carbons (Fsp3) is 0.348. The number of carbonyl (C=O) groups excluding carboxylic acids is 1. The second kappa shape index (κ2) is 8.45. The van der Waals surface area contributed by atoms with E-state index in [1.807, 2.05) is 7.05 Å². The molecule has 2 aromatic carbocycles. The molecular weight excluding hydrogens is 469 g/mol. The van der Waals surface area contributed by atoms with Crippen LogP contribution in [-0.2, 0) is 11.0 Å². The molecule has 0 aromatic heterocycles. The summed E-state index contributed by atoms with van der Waals surface area (Å²) in [5, 5.41) is 12.1. The molecule has 2 aromatic rings. The molecule has 1 N–H and O–H groups in total. The minimum absolute atomic E-state index is 0.0116. The van der Waals surface area contributed by atoms with Gasteiger partial charge < -0.3 is 19.7 Å². The monoisotopic (exact) mass is 490 g/mol. The number of nitrogens with zero attached hydrogens (tertiary/aromatic N) is 3. The van der Waals surface area contributed by atoms with E-state index in [1.165, 1.54) is 12.1 Å². The summed E-state index contributed by atoms with van der Waals surface area (Å²) in [5.41, 5.74) is -2.39. The van der Waals surface area contributed by atoms with Gasteiger partial charge in [0.25, 0.3) is 5.91 Å². The van der Waals surface area contributed by atoms with Crippen LogP contribution in [0.4, 0.5) is 24.5 Å². The molecule has 1 atom stereocenters. The van der Waals surface area contributed by atoms with Gasteiger partial charge in [0.05, 0.1) is 22.9 Å². The number of hydrogen-bond donors (Lipinski definition) is 1. The van der Waals surface area contributed by atoms with Crippen molar-refractivity contribution in [3.63, 3.8) is 0 Å². The third-order valence-corrected chi connectivity index (χ3v) is 6.06. The van der Waals surface area contributed by atoms with Gasteiger partial charge in [0, 0.05) is 18.3 Å². The summed E-state index contributed by atoms with van der Waals surface area (Å²) >= 11 is 5.56. The molecule has 4 rings (SSSR count). The molecule has 11 heteroatoms. The Morgan fingerprint density at radius 3 is 2.56 bits per heavy atom. The lowest BCUT2D eigenvalue weighted by Gasteiger charge is -2.31. The molecule has 0 unspecified atom stereocenters. The Bertz CT molecular complexity index is 1210. The van der Waals surface area contributed by atoms with Crippen molar-refractivity contribution in [2.75, 3.05) is 30.0 Å². The van der Waals surface area contributed by atoms with Gasteiger partial charge in [-0.3, -0.25) is 9.69 Å². The molecule has 0 bridgehead atoms. The van der Waals surface area contributed by atoms with Crippen LogP contribution in [0.15, 0.2) is 36.4 Å². The number of anilines is 2. The van der Waals surface area contributed by atoms with Crippen LogP contribution < -0.4 is 24.6 Å². The molecule has 178 valence electrons. The number of likely N-dealkylation sites (N-methyl/N-ethyl adjacent to an activating group) is 1. The maximum absolute atomic E-state index is 13.5. The number of amides is 1. The minimum atomic E-state index is -4.76. The number of carbonyl (C=O) groups is 1. The summed E-state index contributed by atoms with van der Waals surface area (Å²) < 4.78 is 52.2. The van der Waals surface area contributed by atoms with E-state index < -0.39 is 28.7 Å². The second-order valence-corrected chi connectivity index (χ2v) is 8.76. The highest BCUT2D eigenvalue weighted by Crippen LogP contribution is 2.42. The second-order valence-electron chi connectivity index (χ2n) is 8.40. The van der Waals surface area contributed by atoms with Crippen molar-refractivity contribution in [1.29, 1.82) is 5.26 Å². The van der Waals surface area contributed by atoms with Crippen LogP contribution in [0.5, 0.6) is 11.5 Å². The van der Waals surface area contributed by atoms with Crippen LogP contribution in [-0.4, -0.2) is 42.9 Å². The van der Waals surface area contributed by atoms with E-state index in [0.717, 1.165) is 17.0 Å². The van der Waals surface area contributed by atoms with E-state index >= 15 is 0 Å². The number of fused-ring (bicyclic) bond motifs is 1. The first-order valence-electron chi connectivity index (χ1n) is 10.4. The molecule has 1 amide bonds. The van der Waals surface area contributed by atoms with Gasteiger partial charge in [-0.25, -0.2) is 0 Å². The molecule has 0 radical (unpaired) electrons. The number of nitriles is 1. The van der Waals surface area contributed by atoms with Crippen molar-refractivity contribution in [3.05, 3.63) is 47.5 Å². The van der Waals surface area contributed by atoms with Crippen molar-refractivity contribution in [2.45, 2.75) is 31.7 Å². The lowest BCUT2D eigenvalue weighted by atomic mass is 10.0. The lowest BCUT2D eigenvalue weighted by Crippen LogP contribution is -2.44. The van der Waals surface area contributed by atoms with Gasteiger partial charge in [-0.15, -0.1) is 0 Å². The maximum atomic E-state index is 13.5. The van der Waals surface area contributed by atoms with Crippen molar-refractivity contribution in [3.8, 4) is 17.6 Å². The number of ether oxygens (including phenoxy) is 2. The first kappa shape index (κ1) is 23.8. The number of thiocarbonyl (C=S) groups is 1. The molecule has 1 saturated heterocycles. The van der Waals surface area contributed by atoms with Crippen molar-refractivity contribution in [2.24, 2.45) is 0 Å². The largest absolute Gasteiger partial charge is 0.486 e. The standard InChI is InChI=1S/C23H21F3N4O3S/c1-22(2)20(31)29(14-5-4-13(10-27)17(8-14)23(24,25)26)21(34)30(22)15-6-7-18-19(9-15)32-12-16(33-18)11-28-3/h4-9,16,28H,11-12H2,1-3H3/t16-/m1/s1. The highest BCUT2D eigenvalue weighted by molar-refractivity contribution is 7.81. The average Bonchev–Trinajstić information content (AvgIpc) is 2.96. The molecular formula is C23H21F3N4O3S. The zero-order chi connectivity index (χ0) is 24.8. The number of nitrogens with one attached hydrogen (secondary N) is 1. The van der Waals surface area contributed by atoms with E-state index in [1.54, 1.807) is 36.9 Å². The van der Waals surface area contributed by atoms with E-state index in [-0.39, 0.29) is 16.9 Å². The Labute approximate surface area is 199 Å². The van der Waals surface area contributed by atoms with Gasteiger partial charge in [-0.2, -0.15) is 18.4 Å². The third-order valence-electron chi connectivity index (χ3n) is 5.69. The molecule has 2 aliphatic rings. The number of hydrogen-bond acceptors (Lipinski definition) is 6. The summed E-state index contributed by atoms with van der Waals surface area (Å²) in [6.45, 7) is 4.21. The molecule has 34 heavy (non-hydrogen) atoms. The smallest absolute Gasteiger partial charge is 0.417 e. The van der Waals surface area contributed by atoms with Gasteiger partial charge >= 0.3 is 6.18 Å². The van der Waals surface area contributed by atoms with Crippen molar-refractivity contribution < 1.29 is 27.4 Å². The first-order valence-corrected chi connectivity index (χ1v) is 10.8.